The van der Waals surface area contributed by atoms with Gasteiger partial charge in [-0.05, 0) is 55.5 Å². The molecule has 3 atom stereocenters. The highest BCUT2D eigenvalue weighted by atomic mass is 16.5. The summed E-state index contributed by atoms with van der Waals surface area (Å²) in [6.45, 7) is 10.6. The molecule has 4 aromatic heterocycles. The van der Waals surface area contributed by atoms with E-state index in [1.165, 1.54) is 34.7 Å². The number of ether oxygens (including phenoxy) is 1. The molecule has 1 aliphatic carbocycles. The van der Waals surface area contributed by atoms with Crippen molar-refractivity contribution in [3.8, 4) is 11.4 Å². The van der Waals surface area contributed by atoms with Crippen molar-refractivity contribution in [2.45, 2.75) is 90.8 Å². The van der Waals surface area contributed by atoms with Gasteiger partial charge in [0.15, 0.2) is 29.0 Å². The number of amides is 1. The Kier molecular flexibility index (Phi) is 12.8. The number of carbonyl (C=O) groups is 2. The molecule has 4 N–H and O–H groups in total. The lowest BCUT2D eigenvalue weighted by Gasteiger charge is -2.30. The Hall–Kier alpha value is -5.29. The number of hydrogen-bond acceptors (Lipinski definition) is 13. The molecule has 6 rings (SSSR count). The number of rotatable bonds is 20. The number of nitrogens with zero attached hydrogens (tertiary/aromatic N) is 10. The maximum Gasteiger partial charge on any atom is 0.360 e. The normalized spacial score (nSPS) is 15.0. The molecule has 0 saturated heterocycles. The molecule has 1 aromatic carbocycles. The first-order chi connectivity index (χ1) is 26.6. The summed E-state index contributed by atoms with van der Waals surface area (Å²) in [6, 6.07) is 10.9. The van der Waals surface area contributed by atoms with Gasteiger partial charge in [-0.25, -0.2) is 14.2 Å². The van der Waals surface area contributed by atoms with Crippen LogP contribution in [0.1, 0.15) is 93.5 Å². The summed E-state index contributed by atoms with van der Waals surface area (Å²) in [5, 5.41) is 50.7. The fourth-order valence-corrected chi connectivity index (χ4v) is 6.57. The third-order valence-corrected chi connectivity index (χ3v) is 10.5. The molecule has 0 bridgehead atoms. The van der Waals surface area contributed by atoms with Crippen LogP contribution in [-0.2, 0) is 22.5 Å². The van der Waals surface area contributed by atoms with E-state index >= 15 is 0 Å². The van der Waals surface area contributed by atoms with E-state index < -0.39 is 18.6 Å². The lowest BCUT2D eigenvalue weighted by Crippen LogP contribution is -2.46. The van der Waals surface area contributed by atoms with Crippen LogP contribution in [-0.4, -0.2) is 106 Å². The van der Waals surface area contributed by atoms with E-state index in [-0.39, 0.29) is 29.0 Å². The molecule has 1 fully saturated rings. The third-order valence-electron chi connectivity index (χ3n) is 10.5. The maximum atomic E-state index is 13.4. The first-order valence-corrected chi connectivity index (χ1v) is 19.2. The van der Waals surface area contributed by atoms with Crippen LogP contribution in [0.4, 0.5) is 5.82 Å². The number of aliphatic hydroxyl groups is 1. The average molecular weight is 756 g/mol. The molecule has 5 aromatic rings. The van der Waals surface area contributed by atoms with Crippen molar-refractivity contribution in [1.82, 2.24) is 60.4 Å². The minimum atomic E-state index is -0.949. The third kappa shape index (κ3) is 9.69. The smallest absolute Gasteiger partial charge is 0.360 e. The van der Waals surface area contributed by atoms with Crippen LogP contribution < -0.4 is 16.0 Å². The van der Waals surface area contributed by atoms with E-state index in [1.54, 1.807) is 6.20 Å². The molecule has 1 amide bonds. The number of benzene rings is 1. The van der Waals surface area contributed by atoms with Crippen molar-refractivity contribution in [3.63, 3.8) is 0 Å². The standard InChI is InChI=1S/C38H53N13O4/c1-6-25(2)30(20-49-21-31(43-47-49)37(54)55-5)41-36(53)32(22-52)50-19-28(42-48-50)16-11-17-39-23-38(3,4)24-40-34-29(26-14-10-15-26)18-33-44-45-35(51(33)46-34)27-12-8-7-9-13-27/h7-9,12-13,18-19,21,25-26,30,32,39,52H,6,10-11,14-17,20,22-24H2,1-5H3,(H,40,46)(H,41,53)/t25?,30-,32+/m1/s1. The quantitative estimate of drug-likeness (QED) is 0.0665. The van der Waals surface area contributed by atoms with E-state index in [0.29, 0.717) is 18.9 Å². The molecule has 1 unspecified atom stereocenters. The Bertz CT molecular complexity index is 2020. The monoisotopic (exact) mass is 755 g/mol. The second-order valence-corrected chi connectivity index (χ2v) is 15.2. The molecule has 17 nitrogen and oxygen atoms in total. The molecule has 1 saturated carbocycles. The molecular weight excluding hydrogens is 703 g/mol. The lowest BCUT2D eigenvalue weighted by molar-refractivity contribution is -0.127. The summed E-state index contributed by atoms with van der Waals surface area (Å²) in [6.07, 6.45) is 9.01. The van der Waals surface area contributed by atoms with Gasteiger partial charge in [-0.3, -0.25) is 4.79 Å². The highest BCUT2D eigenvalue weighted by molar-refractivity contribution is 5.86. The van der Waals surface area contributed by atoms with Gasteiger partial charge in [0.2, 0.25) is 5.91 Å². The summed E-state index contributed by atoms with van der Waals surface area (Å²) in [5.41, 5.74) is 3.69. The van der Waals surface area contributed by atoms with Crippen molar-refractivity contribution in [1.29, 1.82) is 0 Å². The number of aryl methyl sites for hydroxylation is 1. The Balaban J connectivity index is 0.987. The van der Waals surface area contributed by atoms with Crippen molar-refractivity contribution in [2.24, 2.45) is 11.3 Å². The summed E-state index contributed by atoms with van der Waals surface area (Å²) < 4.78 is 9.47. The first-order valence-electron chi connectivity index (χ1n) is 19.2. The van der Waals surface area contributed by atoms with Gasteiger partial charge < -0.3 is 25.8 Å². The van der Waals surface area contributed by atoms with Gasteiger partial charge in [0, 0.05) is 30.4 Å². The summed E-state index contributed by atoms with van der Waals surface area (Å²) >= 11 is 0. The number of hydrogen-bond donors (Lipinski definition) is 4. The van der Waals surface area contributed by atoms with Crippen LogP contribution in [0.2, 0.25) is 0 Å². The number of carbonyl (C=O) groups excluding carboxylic acids is 2. The van der Waals surface area contributed by atoms with Crippen molar-refractivity contribution in [2.75, 3.05) is 38.7 Å². The van der Waals surface area contributed by atoms with E-state index in [1.807, 2.05) is 48.7 Å². The summed E-state index contributed by atoms with van der Waals surface area (Å²) in [5.74, 6) is 1.20. The summed E-state index contributed by atoms with van der Waals surface area (Å²) in [4.78, 5) is 25.2. The van der Waals surface area contributed by atoms with Gasteiger partial charge in [0.1, 0.15) is 0 Å². The molecule has 294 valence electrons. The number of esters is 1. The fraction of sp³-hybridized carbons (Fsp3) is 0.553. The lowest BCUT2D eigenvalue weighted by atomic mass is 9.80. The van der Waals surface area contributed by atoms with Gasteiger partial charge in [0.25, 0.3) is 0 Å². The molecule has 17 heteroatoms. The molecule has 55 heavy (non-hydrogen) atoms. The van der Waals surface area contributed by atoms with E-state index in [0.717, 1.165) is 73.9 Å². The molecule has 0 radical (unpaired) electrons. The Labute approximate surface area is 320 Å². The van der Waals surface area contributed by atoms with Gasteiger partial charge in [-0.1, -0.05) is 81.3 Å². The highest BCUT2D eigenvalue weighted by Crippen LogP contribution is 2.40. The maximum absolute atomic E-state index is 13.4. The van der Waals surface area contributed by atoms with Gasteiger partial charge in [-0.15, -0.1) is 25.5 Å². The zero-order valence-electron chi connectivity index (χ0n) is 32.4. The van der Waals surface area contributed by atoms with Crippen molar-refractivity contribution in [3.05, 3.63) is 65.7 Å². The van der Waals surface area contributed by atoms with Gasteiger partial charge >= 0.3 is 5.97 Å². The Morgan fingerprint density at radius 3 is 2.56 bits per heavy atom. The number of methoxy groups -OCH3 is 1. The molecule has 4 heterocycles. The highest BCUT2D eigenvalue weighted by Gasteiger charge is 2.28. The Morgan fingerprint density at radius 2 is 1.85 bits per heavy atom. The topological polar surface area (TPSA) is 204 Å². The molecule has 1 aliphatic rings. The van der Waals surface area contributed by atoms with Crippen LogP contribution in [0.5, 0.6) is 0 Å². The first kappa shape index (κ1) is 39.4. The zero-order chi connectivity index (χ0) is 39.0. The summed E-state index contributed by atoms with van der Waals surface area (Å²) in [7, 11) is 1.28. The van der Waals surface area contributed by atoms with Gasteiger partial charge in [-0.2, -0.15) is 4.52 Å². The van der Waals surface area contributed by atoms with E-state index in [9.17, 15) is 14.7 Å². The fourth-order valence-electron chi connectivity index (χ4n) is 6.57. The number of nitrogens with one attached hydrogen (secondary N) is 3. The predicted molar refractivity (Wildman–Crippen MR) is 205 cm³/mol. The van der Waals surface area contributed by atoms with E-state index in [2.05, 4.69) is 66.7 Å². The number of aliphatic hydroxyl groups excluding tert-OH is 1. The zero-order valence-corrected chi connectivity index (χ0v) is 32.4. The number of aromatic nitrogens is 10. The van der Waals surface area contributed by atoms with Crippen LogP contribution in [0.3, 0.4) is 0 Å². The second-order valence-electron chi connectivity index (χ2n) is 15.2. The minimum Gasteiger partial charge on any atom is -0.464 e. The average Bonchev–Trinajstić information content (AvgIpc) is 3.93. The molecule has 0 aliphatic heterocycles. The predicted octanol–water partition coefficient (Wildman–Crippen LogP) is 3.45. The SMILES string of the molecule is CCC(C)[C@@H](Cn1cc(C(=O)OC)nn1)NC(=O)[C@H](CO)n1cc(CCCNCC(C)(C)CNc2nn3c(-c4ccccc4)nnc3cc2C2CCC2)nn1. The van der Waals surface area contributed by atoms with Crippen LogP contribution >= 0.6 is 0 Å². The van der Waals surface area contributed by atoms with Crippen molar-refractivity contribution < 1.29 is 19.4 Å². The number of anilines is 1. The van der Waals surface area contributed by atoms with Gasteiger partial charge in [0.05, 0.1) is 38.2 Å². The molecular formula is C38H53N13O4. The largest absolute Gasteiger partial charge is 0.464 e. The molecule has 0 spiro atoms. The van der Waals surface area contributed by atoms with Crippen LogP contribution in [0, 0.1) is 11.3 Å². The van der Waals surface area contributed by atoms with Crippen molar-refractivity contribution >= 4 is 23.3 Å². The minimum absolute atomic E-state index is 0.0709. The second kappa shape index (κ2) is 17.9. The van der Waals surface area contributed by atoms with Crippen LogP contribution in [0.15, 0.2) is 48.8 Å². The Morgan fingerprint density at radius 1 is 1.05 bits per heavy atom. The van der Waals surface area contributed by atoms with Crippen LogP contribution in [0.25, 0.3) is 17.0 Å². The van der Waals surface area contributed by atoms with E-state index in [4.69, 9.17) is 9.84 Å². The number of fused-ring (bicyclic) bond motifs is 1.